The Morgan fingerprint density at radius 3 is 2.79 bits per heavy atom. The van der Waals surface area contributed by atoms with Crippen molar-refractivity contribution in [1.82, 2.24) is 20.1 Å². The molecule has 2 aromatic rings. The molecule has 7 heteroatoms. The summed E-state index contributed by atoms with van der Waals surface area (Å²) in [7, 11) is 0. The van der Waals surface area contributed by atoms with Gasteiger partial charge in [-0.25, -0.2) is 0 Å². The zero-order chi connectivity index (χ0) is 16.6. The number of anilines is 2. The van der Waals surface area contributed by atoms with Gasteiger partial charge in [0.25, 0.3) is 0 Å². The van der Waals surface area contributed by atoms with E-state index in [1.807, 2.05) is 18.2 Å². The van der Waals surface area contributed by atoms with Crippen molar-refractivity contribution in [3.8, 4) is 0 Å². The third-order valence-corrected chi connectivity index (χ3v) is 4.04. The SMILES string of the molecule is CC(Nc1nncc(NCCN2CCOCC2)n1)c1ccccc1. The number of rotatable bonds is 7. The number of nitrogens with zero attached hydrogens (tertiary/aromatic N) is 4. The summed E-state index contributed by atoms with van der Waals surface area (Å²) < 4.78 is 5.35. The average Bonchev–Trinajstić information content (AvgIpc) is 2.64. The molecule has 1 unspecified atom stereocenters. The number of morpholine rings is 1. The Balaban J connectivity index is 1.50. The predicted molar refractivity (Wildman–Crippen MR) is 94.1 cm³/mol. The van der Waals surface area contributed by atoms with E-state index in [-0.39, 0.29) is 6.04 Å². The Kier molecular flexibility index (Phi) is 5.92. The van der Waals surface area contributed by atoms with Crippen molar-refractivity contribution in [1.29, 1.82) is 0 Å². The lowest BCUT2D eigenvalue weighted by molar-refractivity contribution is 0.0398. The molecule has 0 amide bonds. The van der Waals surface area contributed by atoms with Crippen LogP contribution in [0.1, 0.15) is 18.5 Å². The van der Waals surface area contributed by atoms with Gasteiger partial charge in [-0.3, -0.25) is 4.90 Å². The van der Waals surface area contributed by atoms with E-state index in [4.69, 9.17) is 4.74 Å². The van der Waals surface area contributed by atoms with Crippen LogP contribution in [-0.2, 0) is 4.74 Å². The monoisotopic (exact) mass is 328 g/mol. The van der Waals surface area contributed by atoms with Crippen LogP contribution in [-0.4, -0.2) is 59.5 Å². The van der Waals surface area contributed by atoms with Crippen molar-refractivity contribution in [2.45, 2.75) is 13.0 Å². The molecule has 0 saturated carbocycles. The van der Waals surface area contributed by atoms with Crippen LogP contribution in [0.5, 0.6) is 0 Å². The van der Waals surface area contributed by atoms with Gasteiger partial charge in [-0.1, -0.05) is 30.3 Å². The summed E-state index contributed by atoms with van der Waals surface area (Å²) in [5.41, 5.74) is 1.19. The summed E-state index contributed by atoms with van der Waals surface area (Å²) in [4.78, 5) is 6.86. The van der Waals surface area contributed by atoms with Crippen molar-refractivity contribution in [3.63, 3.8) is 0 Å². The largest absolute Gasteiger partial charge is 0.379 e. The summed E-state index contributed by atoms with van der Waals surface area (Å²) >= 11 is 0. The maximum atomic E-state index is 5.35. The second-order valence-electron chi connectivity index (χ2n) is 5.82. The molecule has 7 nitrogen and oxygen atoms in total. The highest BCUT2D eigenvalue weighted by molar-refractivity contribution is 5.38. The van der Waals surface area contributed by atoms with Gasteiger partial charge in [-0.15, -0.1) is 5.10 Å². The van der Waals surface area contributed by atoms with Gasteiger partial charge in [0.1, 0.15) is 0 Å². The van der Waals surface area contributed by atoms with E-state index in [2.05, 4.69) is 49.8 Å². The highest BCUT2D eigenvalue weighted by Crippen LogP contribution is 2.16. The third kappa shape index (κ3) is 4.87. The minimum Gasteiger partial charge on any atom is -0.379 e. The van der Waals surface area contributed by atoms with Crippen molar-refractivity contribution in [3.05, 3.63) is 42.1 Å². The van der Waals surface area contributed by atoms with Crippen LogP contribution < -0.4 is 10.6 Å². The molecule has 0 bridgehead atoms. The molecule has 1 aliphatic rings. The lowest BCUT2D eigenvalue weighted by atomic mass is 10.1. The van der Waals surface area contributed by atoms with E-state index in [1.165, 1.54) is 5.56 Å². The number of aromatic nitrogens is 3. The summed E-state index contributed by atoms with van der Waals surface area (Å²) in [5.74, 6) is 1.27. The molecule has 0 spiro atoms. The van der Waals surface area contributed by atoms with Crippen LogP contribution in [0, 0.1) is 0 Å². The molecule has 1 fully saturated rings. The molecule has 1 saturated heterocycles. The smallest absolute Gasteiger partial charge is 0.245 e. The molecule has 2 N–H and O–H groups in total. The van der Waals surface area contributed by atoms with E-state index in [9.17, 15) is 0 Å². The van der Waals surface area contributed by atoms with Gasteiger partial charge in [-0.2, -0.15) is 10.1 Å². The Bertz CT molecular complexity index is 617. The molecular formula is C17H24N6O. The molecule has 3 rings (SSSR count). The van der Waals surface area contributed by atoms with Gasteiger partial charge in [0, 0.05) is 26.2 Å². The minimum atomic E-state index is 0.122. The number of hydrogen-bond acceptors (Lipinski definition) is 7. The van der Waals surface area contributed by atoms with Gasteiger partial charge >= 0.3 is 0 Å². The third-order valence-electron chi connectivity index (χ3n) is 4.04. The Morgan fingerprint density at radius 2 is 2.00 bits per heavy atom. The highest BCUT2D eigenvalue weighted by atomic mass is 16.5. The molecule has 2 heterocycles. The summed E-state index contributed by atoms with van der Waals surface area (Å²) in [5, 5.41) is 14.7. The number of ether oxygens (including phenoxy) is 1. The molecule has 128 valence electrons. The van der Waals surface area contributed by atoms with Crippen LogP contribution in [0.15, 0.2) is 36.5 Å². The second-order valence-corrected chi connectivity index (χ2v) is 5.82. The molecule has 1 atom stereocenters. The van der Waals surface area contributed by atoms with Crippen LogP contribution in [0.4, 0.5) is 11.8 Å². The zero-order valence-electron chi connectivity index (χ0n) is 14.0. The van der Waals surface area contributed by atoms with E-state index in [0.29, 0.717) is 5.95 Å². The summed E-state index contributed by atoms with van der Waals surface area (Å²) in [6.45, 7) is 7.50. The average molecular weight is 328 g/mol. The minimum absolute atomic E-state index is 0.122. The number of hydrogen-bond donors (Lipinski definition) is 2. The van der Waals surface area contributed by atoms with Crippen LogP contribution in [0.2, 0.25) is 0 Å². The summed E-state index contributed by atoms with van der Waals surface area (Å²) in [6.07, 6.45) is 1.65. The fourth-order valence-electron chi connectivity index (χ4n) is 2.64. The van der Waals surface area contributed by atoms with Gasteiger partial charge in [-0.05, 0) is 12.5 Å². The standard InChI is InChI=1S/C17H24N6O/c1-14(15-5-3-2-4-6-15)20-17-21-16(13-19-22-17)18-7-8-23-9-11-24-12-10-23/h2-6,13-14H,7-12H2,1H3,(H2,18,20,21,22). The summed E-state index contributed by atoms with van der Waals surface area (Å²) in [6, 6.07) is 10.3. The first-order valence-corrected chi connectivity index (χ1v) is 8.36. The van der Waals surface area contributed by atoms with Gasteiger partial charge in [0.2, 0.25) is 5.95 Å². The number of benzene rings is 1. The molecular weight excluding hydrogens is 304 g/mol. The maximum absolute atomic E-state index is 5.35. The zero-order valence-corrected chi connectivity index (χ0v) is 14.0. The Morgan fingerprint density at radius 1 is 1.21 bits per heavy atom. The van der Waals surface area contributed by atoms with E-state index in [0.717, 1.165) is 45.2 Å². The molecule has 1 aromatic heterocycles. The Labute approximate surface area is 142 Å². The molecule has 1 aromatic carbocycles. The van der Waals surface area contributed by atoms with Gasteiger partial charge < -0.3 is 15.4 Å². The van der Waals surface area contributed by atoms with Crippen molar-refractivity contribution >= 4 is 11.8 Å². The molecule has 1 aliphatic heterocycles. The Hall–Kier alpha value is -2.25. The van der Waals surface area contributed by atoms with Crippen LogP contribution in [0.3, 0.4) is 0 Å². The molecule has 0 radical (unpaired) electrons. The first kappa shape index (κ1) is 16.6. The molecule has 24 heavy (non-hydrogen) atoms. The van der Waals surface area contributed by atoms with E-state index >= 15 is 0 Å². The van der Waals surface area contributed by atoms with Crippen molar-refractivity contribution in [2.24, 2.45) is 0 Å². The van der Waals surface area contributed by atoms with Crippen LogP contribution in [0.25, 0.3) is 0 Å². The fourth-order valence-corrected chi connectivity index (χ4v) is 2.64. The quantitative estimate of drug-likeness (QED) is 0.802. The molecule has 0 aliphatic carbocycles. The normalized spacial score (nSPS) is 16.5. The predicted octanol–water partition coefficient (Wildman–Crippen LogP) is 1.79. The number of nitrogens with one attached hydrogen (secondary N) is 2. The van der Waals surface area contributed by atoms with Gasteiger partial charge in [0.05, 0.1) is 25.5 Å². The second kappa shape index (κ2) is 8.56. The van der Waals surface area contributed by atoms with Gasteiger partial charge in [0.15, 0.2) is 5.82 Å². The topological polar surface area (TPSA) is 75.2 Å². The van der Waals surface area contributed by atoms with E-state index < -0.39 is 0 Å². The fraction of sp³-hybridized carbons (Fsp3) is 0.471. The van der Waals surface area contributed by atoms with Crippen molar-refractivity contribution in [2.75, 3.05) is 50.0 Å². The highest BCUT2D eigenvalue weighted by Gasteiger charge is 2.10. The first-order chi connectivity index (χ1) is 11.8. The van der Waals surface area contributed by atoms with E-state index in [1.54, 1.807) is 6.20 Å². The van der Waals surface area contributed by atoms with Crippen molar-refractivity contribution < 1.29 is 4.74 Å². The lowest BCUT2D eigenvalue weighted by Gasteiger charge is -2.26. The lowest BCUT2D eigenvalue weighted by Crippen LogP contribution is -2.39. The maximum Gasteiger partial charge on any atom is 0.245 e. The first-order valence-electron chi connectivity index (χ1n) is 8.36. The van der Waals surface area contributed by atoms with Crippen LogP contribution >= 0.6 is 0 Å².